The number of carbonyl (C=O) groups excluding carboxylic acids is 1. The van der Waals surface area contributed by atoms with Gasteiger partial charge in [-0.25, -0.2) is 0 Å². The van der Waals surface area contributed by atoms with Gasteiger partial charge >= 0.3 is 0 Å². The molecule has 4 heteroatoms. The van der Waals surface area contributed by atoms with E-state index in [0.29, 0.717) is 13.2 Å². The molecule has 110 valence electrons. The smallest absolute Gasteiger partial charge is 0.239 e. The largest absolute Gasteiger partial charge is 0.494 e. The molecule has 2 aromatic rings. The van der Waals surface area contributed by atoms with Crippen LogP contribution in [0.3, 0.4) is 0 Å². The SMILES string of the molecule is CCOc1cccc(C(NCc2ccccc2)C(N)=O)c1. The third-order valence-electron chi connectivity index (χ3n) is 3.14. The first-order valence-electron chi connectivity index (χ1n) is 7.00. The molecule has 0 bridgehead atoms. The van der Waals surface area contributed by atoms with Crippen molar-refractivity contribution in [3.8, 4) is 5.75 Å². The summed E-state index contributed by atoms with van der Waals surface area (Å²) < 4.78 is 5.46. The number of rotatable bonds is 7. The minimum Gasteiger partial charge on any atom is -0.494 e. The van der Waals surface area contributed by atoms with Crippen LogP contribution in [0.5, 0.6) is 5.75 Å². The third kappa shape index (κ3) is 4.33. The van der Waals surface area contributed by atoms with Crippen molar-refractivity contribution in [2.75, 3.05) is 6.61 Å². The monoisotopic (exact) mass is 284 g/mol. The van der Waals surface area contributed by atoms with Crippen molar-refractivity contribution in [3.05, 3.63) is 65.7 Å². The topological polar surface area (TPSA) is 64.3 Å². The van der Waals surface area contributed by atoms with Crippen LogP contribution >= 0.6 is 0 Å². The van der Waals surface area contributed by atoms with E-state index in [2.05, 4.69) is 5.32 Å². The lowest BCUT2D eigenvalue weighted by Crippen LogP contribution is -2.33. The van der Waals surface area contributed by atoms with Gasteiger partial charge in [-0.1, -0.05) is 42.5 Å². The van der Waals surface area contributed by atoms with Gasteiger partial charge in [0.25, 0.3) is 0 Å². The van der Waals surface area contributed by atoms with Crippen LogP contribution < -0.4 is 15.8 Å². The fourth-order valence-corrected chi connectivity index (χ4v) is 2.15. The summed E-state index contributed by atoms with van der Waals surface area (Å²) in [6.07, 6.45) is 0. The van der Waals surface area contributed by atoms with E-state index >= 15 is 0 Å². The van der Waals surface area contributed by atoms with Gasteiger partial charge in [0, 0.05) is 6.54 Å². The molecular formula is C17H20N2O2. The summed E-state index contributed by atoms with van der Waals surface area (Å²) in [5.41, 5.74) is 7.43. The van der Waals surface area contributed by atoms with Crippen LogP contribution in [-0.4, -0.2) is 12.5 Å². The van der Waals surface area contributed by atoms with Crippen LogP contribution in [0.25, 0.3) is 0 Å². The molecule has 1 amide bonds. The molecule has 0 saturated carbocycles. The van der Waals surface area contributed by atoms with Crippen molar-refractivity contribution in [2.24, 2.45) is 5.73 Å². The molecule has 2 rings (SSSR count). The van der Waals surface area contributed by atoms with Crippen molar-refractivity contribution >= 4 is 5.91 Å². The van der Waals surface area contributed by atoms with Gasteiger partial charge in [-0.05, 0) is 30.2 Å². The molecule has 0 aliphatic carbocycles. The zero-order chi connectivity index (χ0) is 15.1. The Morgan fingerprint density at radius 1 is 1.19 bits per heavy atom. The second-order valence-electron chi connectivity index (χ2n) is 4.71. The van der Waals surface area contributed by atoms with Crippen molar-refractivity contribution < 1.29 is 9.53 Å². The molecule has 0 aliphatic rings. The maximum absolute atomic E-state index is 11.7. The maximum Gasteiger partial charge on any atom is 0.239 e. The standard InChI is InChI=1S/C17H20N2O2/c1-2-21-15-10-6-9-14(11-15)16(17(18)20)19-12-13-7-4-3-5-8-13/h3-11,16,19H,2,12H2,1H3,(H2,18,20). The van der Waals surface area contributed by atoms with Crippen LogP contribution in [0.1, 0.15) is 24.1 Å². The lowest BCUT2D eigenvalue weighted by Gasteiger charge is -2.17. The Bertz CT molecular complexity index is 584. The van der Waals surface area contributed by atoms with E-state index in [-0.39, 0.29) is 0 Å². The third-order valence-corrected chi connectivity index (χ3v) is 3.14. The van der Waals surface area contributed by atoms with Crippen molar-refractivity contribution in [3.63, 3.8) is 0 Å². The molecule has 21 heavy (non-hydrogen) atoms. The quantitative estimate of drug-likeness (QED) is 0.820. The Labute approximate surface area is 124 Å². The van der Waals surface area contributed by atoms with E-state index in [1.165, 1.54) is 0 Å². The summed E-state index contributed by atoms with van der Waals surface area (Å²) in [4.78, 5) is 11.7. The molecule has 0 heterocycles. The first-order valence-corrected chi connectivity index (χ1v) is 7.00. The number of amides is 1. The summed E-state index contributed by atoms with van der Waals surface area (Å²) in [6.45, 7) is 3.08. The minimum atomic E-state index is -0.536. The Balaban J connectivity index is 2.11. The lowest BCUT2D eigenvalue weighted by atomic mass is 10.1. The number of carbonyl (C=O) groups is 1. The van der Waals surface area contributed by atoms with E-state index in [1.807, 2.05) is 61.5 Å². The van der Waals surface area contributed by atoms with Gasteiger partial charge in [0.05, 0.1) is 6.61 Å². The highest BCUT2D eigenvalue weighted by Gasteiger charge is 2.17. The van der Waals surface area contributed by atoms with E-state index < -0.39 is 11.9 Å². The molecule has 0 aromatic heterocycles. The van der Waals surface area contributed by atoms with Crippen LogP contribution in [0, 0.1) is 0 Å². The number of hydrogen-bond acceptors (Lipinski definition) is 3. The molecule has 0 saturated heterocycles. The van der Waals surface area contributed by atoms with Crippen LogP contribution in [-0.2, 0) is 11.3 Å². The molecule has 4 nitrogen and oxygen atoms in total. The fraction of sp³-hybridized carbons (Fsp3) is 0.235. The molecule has 0 radical (unpaired) electrons. The number of benzene rings is 2. The number of primary amides is 1. The molecule has 0 spiro atoms. The summed E-state index contributed by atoms with van der Waals surface area (Å²) in [7, 11) is 0. The first-order chi connectivity index (χ1) is 10.2. The second-order valence-corrected chi connectivity index (χ2v) is 4.71. The predicted octanol–water partition coefficient (Wildman–Crippen LogP) is 2.40. The molecule has 0 fully saturated rings. The fourth-order valence-electron chi connectivity index (χ4n) is 2.15. The number of hydrogen-bond donors (Lipinski definition) is 2. The van der Waals surface area contributed by atoms with Crippen LogP contribution in [0.4, 0.5) is 0 Å². The van der Waals surface area contributed by atoms with Gasteiger partial charge < -0.3 is 10.5 Å². The molecule has 1 unspecified atom stereocenters. The zero-order valence-corrected chi connectivity index (χ0v) is 12.1. The maximum atomic E-state index is 11.7. The molecule has 0 aliphatic heterocycles. The van der Waals surface area contributed by atoms with E-state index in [9.17, 15) is 4.79 Å². The highest BCUT2D eigenvalue weighted by atomic mass is 16.5. The minimum absolute atomic E-state index is 0.403. The van der Waals surface area contributed by atoms with Gasteiger partial charge in [-0.3, -0.25) is 10.1 Å². The highest BCUT2D eigenvalue weighted by molar-refractivity contribution is 5.81. The Hall–Kier alpha value is -2.33. The van der Waals surface area contributed by atoms with Crippen molar-refractivity contribution in [2.45, 2.75) is 19.5 Å². The normalized spacial score (nSPS) is 11.9. The van der Waals surface area contributed by atoms with E-state index in [1.54, 1.807) is 0 Å². The summed E-state index contributed by atoms with van der Waals surface area (Å²) in [5.74, 6) is 0.336. The summed E-state index contributed by atoms with van der Waals surface area (Å²) >= 11 is 0. The Morgan fingerprint density at radius 2 is 1.95 bits per heavy atom. The zero-order valence-electron chi connectivity index (χ0n) is 12.1. The molecule has 2 aromatic carbocycles. The van der Waals surface area contributed by atoms with Crippen molar-refractivity contribution in [1.82, 2.24) is 5.32 Å². The van der Waals surface area contributed by atoms with Gasteiger partial charge in [-0.15, -0.1) is 0 Å². The number of nitrogens with two attached hydrogens (primary N) is 1. The number of nitrogens with one attached hydrogen (secondary N) is 1. The first kappa shape index (κ1) is 15.1. The van der Waals surface area contributed by atoms with Crippen LogP contribution in [0.2, 0.25) is 0 Å². The lowest BCUT2D eigenvalue weighted by molar-refractivity contribution is -0.120. The van der Waals surface area contributed by atoms with Crippen molar-refractivity contribution in [1.29, 1.82) is 0 Å². The van der Waals surface area contributed by atoms with Gasteiger partial charge in [0.1, 0.15) is 11.8 Å². The molecule has 1 atom stereocenters. The highest BCUT2D eigenvalue weighted by Crippen LogP contribution is 2.20. The molecular weight excluding hydrogens is 264 g/mol. The Morgan fingerprint density at radius 3 is 2.62 bits per heavy atom. The van der Waals surface area contributed by atoms with E-state index in [0.717, 1.165) is 16.9 Å². The van der Waals surface area contributed by atoms with Crippen LogP contribution in [0.15, 0.2) is 54.6 Å². The summed E-state index contributed by atoms with van der Waals surface area (Å²) in [6, 6.07) is 16.8. The molecule has 3 N–H and O–H groups in total. The Kier molecular flexibility index (Phi) is 5.35. The average Bonchev–Trinajstić information content (AvgIpc) is 2.49. The van der Waals surface area contributed by atoms with E-state index in [4.69, 9.17) is 10.5 Å². The van der Waals surface area contributed by atoms with Gasteiger partial charge in [-0.2, -0.15) is 0 Å². The average molecular weight is 284 g/mol. The second kappa shape index (κ2) is 7.45. The van der Waals surface area contributed by atoms with Gasteiger partial charge in [0.15, 0.2) is 0 Å². The number of ether oxygens (including phenoxy) is 1. The van der Waals surface area contributed by atoms with Gasteiger partial charge in [0.2, 0.25) is 5.91 Å². The summed E-state index contributed by atoms with van der Waals surface area (Å²) in [5, 5.41) is 3.19. The predicted molar refractivity (Wildman–Crippen MR) is 82.8 cm³/mol.